The molecular weight excluding hydrogens is 395 g/mol. The molecule has 0 radical (unpaired) electrons. The Morgan fingerprint density at radius 3 is 2.38 bits per heavy atom. The first-order chi connectivity index (χ1) is 13.6. The Hall–Kier alpha value is -3.31. The first-order valence-electron chi connectivity index (χ1n) is 8.67. The van der Waals surface area contributed by atoms with Crippen molar-refractivity contribution in [1.29, 1.82) is 0 Å². The Bertz CT molecular complexity index is 800. The summed E-state index contributed by atoms with van der Waals surface area (Å²) in [5.74, 6) is -3.55. The second-order valence-electron chi connectivity index (χ2n) is 6.40. The monoisotopic (exact) mass is 415 g/mol. The Kier molecular flexibility index (Phi) is 7.02. The number of hydrogen-bond donors (Lipinski definition) is 5. The fourth-order valence-corrected chi connectivity index (χ4v) is 2.68. The molecule has 2 unspecified atom stereocenters. The Labute approximate surface area is 163 Å². The van der Waals surface area contributed by atoms with Crippen LogP contribution in [0.5, 0.6) is 0 Å². The number of amides is 5. The fourth-order valence-electron chi connectivity index (χ4n) is 2.68. The highest BCUT2D eigenvalue weighted by Gasteiger charge is 2.45. The molecule has 1 aromatic carbocycles. The van der Waals surface area contributed by atoms with Gasteiger partial charge in [-0.1, -0.05) is 6.07 Å². The average molecular weight is 415 g/mol. The summed E-state index contributed by atoms with van der Waals surface area (Å²) in [6, 6.07) is 3.40. The number of rotatable bonds is 6. The molecule has 1 saturated heterocycles. The minimum absolute atomic E-state index is 0.0256. The summed E-state index contributed by atoms with van der Waals surface area (Å²) < 4.78 is 38.0. The Balaban J connectivity index is 1.91. The third kappa shape index (κ3) is 6.66. The van der Waals surface area contributed by atoms with Crippen LogP contribution in [-0.2, 0) is 14.4 Å². The zero-order valence-electron chi connectivity index (χ0n) is 15.1. The molecule has 0 saturated carbocycles. The van der Waals surface area contributed by atoms with E-state index in [4.69, 9.17) is 5.73 Å². The van der Waals surface area contributed by atoms with E-state index in [-0.39, 0.29) is 31.5 Å². The molecule has 1 aliphatic rings. The van der Waals surface area contributed by atoms with Crippen molar-refractivity contribution in [3.63, 3.8) is 0 Å². The van der Waals surface area contributed by atoms with E-state index in [1.807, 2.05) is 5.32 Å². The normalized spacial score (nSPS) is 19.1. The second-order valence-corrected chi connectivity index (χ2v) is 6.40. The Morgan fingerprint density at radius 1 is 1.14 bits per heavy atom. The number of nitrogens with two attached hydrogens (primary N) is 1. The summed E-state index contributed by atoms with van der Waals surface area (Å²) in [7, 11) is 0. The third-order valence-electron chi connectivity index (χ3n) is 4.13. The number of anilines is 2. The summed E-state index contributed by atoms with van der Waals surface area (Å²) in [6.07, 6.45) is -5.21. The molecule has 1 fully saturated rings. The smallest absolute Gasteiger partial charge is 0.370 e. The molecule has 0 aliphatic carbocycles. The van der Waals surface area contributed by atoms with Gasteiger partial charge in [0.05, 0.1) is 0 Å². The van der Waals surface area contributed by atoms with Gasteiger partial charge in [0.15, 0.2) is 0 Å². The number of carbonyl (C=O) groups is 4. The van der Waals surface area contributed by atoms with E-state index in [9.17, 15) is 32.3 Å². The van der Waals surface area contributed by atoms with E-state index in [0.29, 0.717) is 5.69 Å². The molecule has 29 heavy (non-hydrogen) atoms. The van der Waals surface area contributed by atoms with Crippen molar-refractivity contribution in [1.82, 2.24) is 10.6 Å². The summed E-state index contributed by atoms with van der Waals surface area (Å²) in [5, 5.41) is 9.16. The molecule has 2 atom stereocenters. The van der Waals surface area contributed by atoms with Gasteiger partial charge >= 0.3 is 12.2 Å². The maximum atomic E-state index is 12.7. The summed E-state index contributed by atoms with van der Waals surface area (Å²) >= 11 is 0. The molecule has 1 aromatic rings. The zero-order chi connectivity index (χ0) is 21.6. The van der Waals surface area contributed by atoms with Gasteiger partial charge in [-0.3, -0.25) is 14.4 Å². The van der Waals surface area contributed by atoms with Crippen molar-refractivity contribution in [2.24, 2.45) is 11.7 Å². The molecule has 6 N–H and O–H groups in total. The Morgan fingerprint density at radius 2 is 1.79 bits per heavy atom. The molecule has 0 spiro atoms. The van der Waals surface area contributed by atoms with Crippen LogP contribution in [0.15, 0.2) is 24.3 Å². The van der Waals surface area contributed by atoms with E-state index in [1.165, 1.54) is 24.3 Å². The van der Waals surface area contributed by atoms with Crippen LogP contribution in [-0.4, -0.2) is 42.5 Å². The second kappa shape index (κ2) is 9.26. The minimum atomic E-state index is -4.56. The maximum Gasteiger partial charge on any atom is 0.408 e. The van der Waals surface area contributed by atoms with Crippen LogP contribution in [0.1, 0.15) is 19.3 Å². The van der Waals surface area contributed by atoms with Crippen LogP contribution in [0.2, 0.25) is 0 Å². The topological polar surface area (TPSA) is 142 Å². The lowest BCUT2D eigenvalue weighted by molar-refractivity contribution is -0.170. The predicted molar refractivity (Wildman–Crippen MR) is 96.6 cm³/mol. The van der Waals surface area contributed by atoms with Crippen LogP contribution < -0.4 is 27.0 Å². The van der Waals surface area contributed by atoms with Crippen LogP contribution >= 0.6 is 0 Å². The molecule has 1 heterocycles. The summed E-state index contributed by atoms with van der Waals surface area (Å²) in [6.45, 7) is 0.0489. The standard InChI is InChI=1S/C17H20F3N5O4/c18-17(19,20)12-5-4-11(15(28)25-12)14(27)23-9-2-1-3-10(8-9)24-16(29)22-7-6-13(21)26/h1-3,8,11-12H,4-7H2,(H2,21,26)(H,23,27)(H,25,28)(H2,22,24,29). The van der Waals surface area contributed by atoms with E-state index < -0.39 is 41.9 Å². The van der Waals surface area contributed by atoms with E-state index >= 15 is 0 Å². The van der Waals surface area contributed by atoms with Crippen molar-refractivity contribution >= 4 is 35.1 Å². The van der Waals surface area contributed by atoms with E-state index in [2.05, 4.69) is 16.0 Å². The molecule has 2 rings (SSSR count). The fraction of sp³-hybridized carbons (Fsp3) is 0.412. The van der Waals surface area contributed by atoms with Crippen molar-refractivity contribution in [3.8, 4) is 0 Å². The van der Waals surface area contributed by atoms with Gasteiger partial charge in [0.2, 0.25) is 17.7 Å². The number of hydrogen-bond acceptors (Lipinski definition) is 4. The first-order valence-corrected chi connectivity index (χ1v) is 8.67. The van der Waals surface area contributed by atoms with Gasteiger partial charge < -0.3 is 27.0 Å². The van der Waals surface area contributed by atoms with Gasteiger partial charge in [-0.2, -0.15) is 13.2 Å². The van der Waals surface area contributed by atoms with Gasteiger partial charge in [-0.25, -0.2) is 4.79 Å². The van der Waals surface area contributed by atoms with Gasteiger partial charge in [0.1, 0.15) is 12.0 Å². The molecule has 0 bridgehead atoms. The third-order valence-corrected chi connectivity index (χ3v) is 4.13. The molecule has 1 aliphatic heterocycles. The summed E-state index contributed by atoms with van der Waals surface area (Å²) in [5.41, 5.74) is 5.52. The number of urea groups is 1. The number of piperidine rings is 1. The van der Waals surface area contributed by atoms with Crippen LogP contribution in [0.4, 0.5) is 29.3 Å². The van der Waals surface area contributed by atoms with E-state index in [1.54, 1.807) is 0 Å². The molecule has 12 heteroatoms. The predicted octanol–water partition coefficient (Wildman–Crippen LogP) is 1.08. The minimum Gasteiger partial charge on any atom is -0.370 e. The van der Waals surface area contributed by atoms with Crippen molar-refractivity contribution < 1.29 is 32.3 Å². The number of halogens is 3. The highest BCUT2D eigenvalue weighted by molar-refractivity contribution is 6.07. The highest BCUT2D eigenvalue weighted by Crippen LogP contribution is 2.29. The van der Waals surface area contributed by atoms with E-state index in [0.717, 1.165) is 0 Å². The molecular formula is C17H20F3N5O4. The lowest BCUT2D eigenvalue weighted by Crippen LogP contribution is -2.53. The largest absolute Gasteiger partial charge is 0.408 e. The van der Waals surface area contributed by atoms with Gasteiger partial charge in [0, 0.05) is 24.3 Å². The number of primary amides is 1. The first kappa shape index (κ1) is 22.0. The molecule has 9 nitrogen and oxygen atoms in total. The van der Waals surface area contributed by atoms with Gasteiger partial charge in [-0.05, 0) is 31.0 Å². The van der Waals surface area contributed by atoms with Gasteiger partial charge in [0.25, 0.3) is 0 Å². The highest BCUT2D eigenvalue weighted by atomic mass is 19.4. The number of carbonyl (C=O) groups excluding carboxylic acids is 4. The summed E-state index contributed by atoms with van der Waals surface area (Å²) in [4.78, 5) is 46.5. The lowest BCUT2D eigenvalue weighted by atomic mass is 9.92. The van der Waals surface area contributed by atoms with Gasteiger partial charge in [-0.15, -0.1) is 0 Å². The number of nitrogens with one attached hydrogen (secondary N) is 4. The van der Waals surface area contributed by atoms with Crippen molar-refractivity contribution in [2.45, 2.75) is 31.5 Å². The van der Waals surface area contributed by atoms with Crippen molar-refractivity contribution in [3.05, 3.63) is 24.3 Å². The maximum absolute atomic E-state index is 12.7. The quantitative estimate of drug-likeness (QED) is 0.443. The zero-order valence-corrected chi connectivity index (χ0v) is 15.1. The molecule has 158 valence electrons. The van der Waals surface area contributed by atoms with Crippen molar-refractivity contribution in [2.75, 3.05) is 17.2 Å². The molecule has 0 aromatic heterocycles. The lowest BCUT2D eigenvalue weighted by Gasteiger charge is -2.29. The van der Waals surface area contributed by atoms with Crippen LogP contribution in [0.25, 0.3) is 0 Å². The SMILES string of the molecule is NC(=O)CCNC(=O)Nc1cccc(NC(=O)C2CCC(C(F)(F)F)NC2=O)c1. The van der Waals surface area contributed by atoms with Crippen LogP contribution in [0.3, 0.4) is 0 Å². The number of benzene rings is 1. The average Bonchev–Trinajstić information content (AvgIpc) is 2.60. The molecule has 5 amide bonds. The van der Waals surface area contributed by atoms with Crippen LogP contribution in [0, 0.1) is 5.92 Å². The number of alkyl halides is 3.